The lowest BCUT2D eigenvalue weighted by Crippen LogP contribution is -2.38. The lowest BCUT2D eigenvalue weighted by atomic mass is 10.1. The van der Waals surface area contributed by atoms with Crippen LogP contribution < -0.4 is 10.1 Å². The third-order valence-corrected chi connectivity index (χ3v) is 3.32. The van der Waals surface area contributed by atoms with Crippen molar-refractivity contribution in [1.82, 2.24) is 15.3 Å². The number of imidazole rings is 1. The van der Waals surface area contributed by atoms with Crippen LogP contribution in [0.5, 0.6) is 5.75 Å². The van der Waals surface area contributed by atoms with Gasteiger partial charge in [0.05, 0.1) is 13.4 Å². The zero-order valence-electron chi connectivity index (χ0n) is 12.7. The number of rotatable bonds is 6. The first kappa shape index (κ1) is 17.8. The fraction of sp³-hybridized carbons (Fsp3) is 0.333. The molecule has 1 heterocycles. The molecular weight excluding hydrogens is 330 g/mol. The molecule has 24 heavy (non-hydrogen) atoms. The van der Waals surface area contributed by atoms with Gasteiger partial charge in [-0.1, -0.05) is 6.07 Å². The van der Waals surface area contributed by atoms with E-state index >= 15 is 0 Å². The fourth-order valence-corrected chi connectivity index (χ4v) is 2.12. The Morgan fingerprint density at radius 3 is 2.71 bits per heavy atom. The van der Waals surface area contributed by atoms with Gasteiger partial charge in [0.15, 0.2) is 17.6 Å². The molecule has 0 spiro atoms. The Hall–Kier alpha value is -2.58. The summed E-state index contributed by atoms with van der Waals surface area (Å²) in [6.45, 7) is 0. The molecule has 1 amide bonds. The van der Waals surface area contributed by atoms with E-state index < -0.39 is 29.5 Å². The third kappa shape index (κ3) is 4.46. The van der Waals surface area contributed by atoms with E-state index in [0.717, 1.165) is 12.1 Å². The largest absolute Gasteiger partial charge is 0.494 e. The Bertz CT molecular complexity index is 687. The number of carbonyl (C=O) groups is 1. The molecule has 0 fully saturated rings. The monoisotopic (exact) mass is 345 g/mol. The Morgan fingerprint density at radius 1 is 1.42 bits per heavy atom. The van der Waals surface area contributed by atoms with E-state index in [0.29, 0.717) is 11.8 Å². The highest BCUT2D eigenvalue weighted by Gasteiger charge is 2.42. The van der Waals surface area contributed by atoms with E-state index in [-0.39, 0.29) is 18.6 Å². The van der Waals surface area contributed by atoms with Gasteiger partial charge in [0.2, 0.25) is 5.91 Å². The van der Waals surface area contributed by atoms with E-state index in [1.165, 1.54) is 19.6 Å². The highest BCUT2D eigenvalue weighted by molar-refractivity contribution is 5.76. The summed E-state index contributed by atoms with van der Waals surface area (Å²) in [5, 5.41) is 1.89. The van der Waals surface area contributed by atoms with Crippen molar-refractivity contribution < 1.29 is 27.1 Å². The Labute approximate surface area is 135 Å². The predicted molar refractivity (Wildman–Crippen MR) is 76.8 cm³/mol. The quantitative estimate of drug-likeness (QED) is 0.791. The minimum Gasteiger partial charge on any atom is -0.494 e. The van der Waals surface area contributed by atoms with Crippen molar-refractivity contribution in [3.05, 3.63) is 47.8 Å². The SMILES string of the molecule is COc1ccc([C@@H](NC(=O)CCc2cnc[nH]2)C(F)(F)F)cc1F. The number of aromatic nitrogens is 2. The molecule has 0 aliphatic carbocycles. The molecule has 0 aliphatic rings. The van der Waals surface area contributed by atoms with Crippen LogP contribution in [0.25, 0.3) is 0 Å². The number of aryl methyl sites for hydroxylation is 1. The number of ether oxygens (including phenoxy) is 1. The van der Waals surface area contributed by atoms with Crippen molar-refractivity contribution in [3.8, 4) is 5.75 Å². The number of halogens is 4. The van der Waals surface area contributed by atoms with Crippen LogP contribution in [-0.4, -0.2) is 29.2 Å². The molecule has 0 radical (unpaired) electrons. The summed E-state index contributed by atoms with van der Waals surface area (Å²) in [4.78, 5) is 18.3. The van der Waals surface area contributed by atoms with E-state index in [4.69, 9.17) is 0 Å². The number of nitrogens with one attached hydrogen (secondary N) is 2. The molecule has 130 valence electrons. The first-order chi connectivity index (χ1) is 11.3. The predicted octanol–water partition coefficient (Wildman–Crippen LogP) is 2.91. The zero-order chi connectivity index (χ0) is 17.7. The standard InChI is InChI=1S/C15H15F4N3O2/c1-24-12-4-2-9(6-11(12)16)14(15(17,18)19)22-13(23)5-3-10-7-20-8-21-10/h2,4,6-8,14H,3,5H2,1H3,(H,20,21)(H,22,23)/t14-/m1/s1. The van der Waals surface area contributed by atoms with Crippen LogP contribution in [-0.2, 0) is 11.2 Å². The summed E-state index contributed by atoms with van der Waals surface area (Å²) in [5.41, 5.74) is 0.222. The van der Waals surface area contributed by atoms with Gasteiger partial charge < -0.3 is 15.0 Å². The van der Waals surface area contributed by atoms with Gasteiger partial charge in [0.1, 0.15) is 0 Å². The molecule has 1 aromatic heterocycles. The number of carbonyl (C=O) groups excluding carboxylic acids is 1. The molecule has 2 aromatic rings. The van der Waals surface area contributed by atoms with Crippen LogP contribution in [0, 0.1) is 5.82 Å². The number of methoxy groups -OCH3 is 1. The molecule has 0 aliphatic heterocycles. The lowest BCUT2D eigenvalue weighted by Gasteiger charge is -2.22. The average Bonchev–Trinajstić information content (AvgIpc) is 3.03. The van der Waals surface area contributed by atoms with E-state index in [1.54, 1.807) is 0 Å². The van der Waals surface area contributed by atoms with Gasteiger partial charge in [-0.05, 0) is 24.1 Å². The Morgan fingerprint density at radius 2 is 2.17 bits per heavy atom. The molecule has 2 N–H and O–H groups in total. The van der Waals surface area contributed by atoms with E-state index in [2.05, 4.69) is 14.7 Å². The molecule has 0 saturated heterocycles. The summed E-state index contributed by atoms with van der Waals surface area (Å²) >= 11 is 0. The number of aromatic amines is 1. The lowest BCUT2D eigenvalue weighted by molar-refractivity contribution is -0.163. The van der Waals surface area contributed by atoms with Crippen molar-refractivity contribution in [3.63, 3.8) is 0 Å². The number of benzene rings is 1. The van der Waals surface area contributed by atoms with Crippen molar-refractivity contribution in [2.75, 3.05) is 7.11 Å². The van der Waals surface area contributed by atoms with Gasteiger partial charge in [0.25, 0.3) is 0 Å². The van der Waals surface area contributed by atoms with Crippen molar-refractivity contribution >= 4 is 5.91 Å². The van der Waals surface area contributed by atoms with Gasteiger partial charge >= 0.3 is 6.18 Å². The highest BCUT2D eigenvalue weighted by atomic mass is 19.4. The zero-order valence-corrected chi connectivity index (χ0v) is 12.7. The molecule has 9 heteroatoms. The third-order valence-electron chi connectivity index (χ3n) is 3.32. The van der Waals surface area contributed by atoms with Crippen LogP contribution in [0.1, 0.15) is 23.7 Å². The number of hydrogen-bond acceptors (Lipinski definition) is 3. The number of H-pyrrole nitrogens is 1. The molecular formula is C15H15F4N3O2. The van der Waals surface area contributed by atoms with Crippen molar-refractivity contribution in [2.24, 2.45) is 0 Å². The molecule has 2 rings (SSSR count). The van der Waals surface area contributed by atoms with Gasteiger partial charge in [-0.2, -0.15) is 13.2 Å². The highest BCUT2D eigenvalue weighted by Crippen LogP contribution is 2.34. The topological polar surface area (TPSA) is 67.0 Å². The van der Waals surface area contributed by atoms with Gasteiger partial charge in [0, 0.05) is 18.3 Å². The van der Waals surface area contributed by atoms with Crippen LogP contribution in [0.15, 0.2) is 30.7 Å². The van der Waals surface area contributed by atoms with Crippen LogP contribution in [0.3, 0.4) is 0 Å². The maximum Gasteiger partial charge on any atom is 0.412 e. The van der Waals surface area contributed by atoms with E-state index in [1.807, 2.05) is 5.32 Å². The minimum absolute atomic E-state index is 0.159. The van der Waals surface area contributed by atoms with Gasteiger partial charge in [-0.25, -0.2) is 9.37 Å². The van der Waals surface area contributed by atoms with Crippen molar-refractivity contribution in [1.29, 1.82) is 0 Å². The fourth-order valence-electron chi connectivity index (χ4n) is 2.12. The molecule has 1 aromatic carbocycles. The molecule has 5 nitrogen and oxygen atoms in total. The van der Waals surface area contributed by atoms with Crippen LogP contribution in [0.4, 0.5) is 17.6 Å². The smallest absolute Gasteiger partial charge is 0.412 e. The second-order valence-electron chi connectivity index (χ2n) is 5.01. The van der Waals surface area contributed by atoms with Crippen LogP contribution in [0.2, 0.25) is 0 Å². The number of hydrogen-bond donors (Lipinski definition) is 2. The Balaban J connectivity index is 2.11. The second-order valence-corrected chi connectivity index (χ2v) is 5.01. The maximum atomic E-state index is 13.7. The number of alkyl halides is 3. The average molecular weight is 345 g/mol. The van der Waals surface area contributed by atoms with Gasteiger partial charge in [-0.3, -0.25) is 4.79 Å². The summed E-state index contributed by atoms with van der Waals surface area (Å²) < 4.78 is 58.0. The molecule has 0 bridgehead atoms. The normalized spacial score (nSPS) is 12.7. The second kappa shape index (κ2) is 7.33. The Kier molecular flexibility index (Phi) is 5.42. The molecule has 0 saturated carbocycles. The summed E-state index contributed by atoms with van der Waals surface area (Å²) in [5.74, 6) is -1.91. The first-order valence-corrected chi connectivity index (χ1v) is 6.98. The van der Waals surface area contributed by atoms with Crippen LogP contribution >= 0.6 is 0 Å². The summed E-state index contributed by atoms with van der Waals surface area (Å²) in [7, 11) is 1.20. The number of nitrogens with zero attached hydrogens (tertiary/aromatic N) is 1. The first-order valence-electron chi connectivity index (χ1n) is 6.98. The van der Waals surface area contributed by atoms with Gasteiger partial charge in [-0.15, -0.1) is 0 Å². The number of amides is 1. The van der Waals surface area contributed by atoms with Crippen molar-refractivity contribution in [2.45, 2.75) is 25.1 Å². The minimum atomic E-state index is -4.76. The summed E-state index contributed by atoms with van der Waals surface area (Å²) in [6, 6.07) is 0.550. The molecule has 0 unspecified atom stereocenters. The molecule has 1 atom stereocenters. The van der Waals surface area contributed by atoms with E-state index in [9.17, 15) is 22.4 Å². The summed E-state index contributed by atoms with van der Waals surface area (Å²) in [6.07, 6.45) is -1.81. The maximum absolute atomic E-state index is 13.7.